The maximum absolute atomic E-state index is 11.1. The van der Waals surface area contributed by atoms with Crippen LogP contribution in [-0.4, -0.2) is 24.1 Å². The van der Waals surface area contributed by atoms with Gasteiger partial charge in [-0.1, -0.05) is 12.1 Å². The summed E-state index contributed by atoms with van der Waals surface area (Å²) in [4.78, 5) is 16.6. The minimum atomic E-state index is -0.474. The van der Waals surface area contributed by atoms with E-state index in [1.54, 1.807) is 23.3 Å². The van der Waals surface area contributed by atoms with Gasteiger partial charge in [-0.15, -0.1) is 5.06 Å². The van der Waals surface area contributed by atoms with E-state index >= 15 is 0 Å². The Balaban J connectivity index is 2.88. The highest BCUT2D eigenvalue weighted by atomic mass is 16.7. The number of nitrogens with two attached hydrogens (primary N) is 1. The van der Waals surface area contributed by atoms with E-state index < -0.39 is 5.91 Å². The van der Waals surface area contributed by atoms with Crippen LogP contribution in [0, 0.1) is 0 Å². The van der Waals surface area contributed by atoms with E-state index in [1.165, 1.54) is 0 Å². The van der Waals surface area contributed by atoms with Crippen molar-refractivity contribution < 1.29 is 9.63 Å². The Kier molecular flexibility index (Phi) is 4.12. The number of benzene rings is 1. The lowest BCUT2D eigenvalue weighted by atomic mass is 10.2. The molecular formula is C11H16N2O2. The van der Waals surface area contributed by atoms with Crippen LogP contribution in [0.25, 0.3) is 0 Å². The number of hydroxylamine groups is 2. The molecule has 4 nitrogen and oxygen atoms in total. The molecule has 0 spiro atoms. The third kappa shape index (κ3) is 2.95. The molecule has 0 saturated heterocycles. The molecule has 2 N–H and O–H groups in total. The van der Waals surface area contributed by atoms with Crippen molar-refractivity contribution in [1.29, 1.82) is 0 Å². The highest BCUT2D eigenvalue weighted by Gasteiger charge is 2.10. The molecule has 15 heavy (non-hydrogen) atoms. The molecule has 1 rings (SSSR count). The maximum atomic E-state index is 11.1. The van der Waals surface area contributed by atoms with Crippen LogP contribution in [0.5, 0.6) is 5.75 Å². The molecule has 0 saturated carbocycles. The Morgan fingerprint density at radius 3 is 2.47 bits per heavy atom. The standard InChI is InChI=1S/C11H16N2O2/c1-3-13(4-2)15-10-8-6-5-7-9(10)11(12)14/h5-8H,3-4H2,1-2H3,(H2,12,14). The predicted octanol–water partition coefficient (Wildman–Crippen LogP) is 1.42. The van der Waals surface area contributed by atoms with Gasteiger partial charge in [-0.3, -0.25) is 4.79 Å². The quantitative estimate of drug-likeness (QED) is 0.744. The van der Waals surface area contributed by atoms with Gasteiger partial charge in [0.25, 0.3) is 5.91 Å². The van der Waals surface area contributed by atoms with Gasteiger partial charge in [0.1, 0.15) is 0 Å². The normalized spacial score (nSPS) is 10.3. The molecule has 0 aromatic heterocycles. The Morgan fingerprint density at radius 1 is 1.33 bits per heavy atom. The van der Waals surface area contributed by atoms with Crippen molar-refractivity contribution in [2.75, 3.05) is 13.1 Å². The average molecular weight is 208 g/mol. The molecule has 0 aliphatic rings. The van der Waals surface area contributed by atoms with Crippen LogP contribution in [0.2, 0.25) is 0 Å². The molecule has 0 radical (unpaired) electrons. The topological polar surface area (TPSA) is 55.6 Å². The lowest BCUT2D eigenvalue weighted by Crippen LogP contribution is -2.28. The smallest absolute Gasteiger partial charge is 0.252 e. The highest BCUT2D eigenvalue weighted by molar-refractivity contribution is 5.95. The third-order valence-corrected chi connectivity index (χ3v) is 2.09. The Morgan fingerprint density at radius 2 is 1.93 bits per heavy atom. The lowest BCUT2D eigenvalue weighted by molar-refractivity contribution is -0.0491. The summed E-state index contributed by atoms with van der Waals surface area (Å²) < 4.78 is 0. The van der Waals surface area contributed by atoms with Crippen LogP contribution in [0.15, 0.2) is 24.3 Å². The highest BCUT2D eigenvalue weighted by Crippen LogP contribution is 2.18. The summed E-state index contributed by atoms with van der Waals surface area (Å²) >= 11 is 0. The maximum Gasteiger partial charge on any atom is 0.252 e. The van der Waals surface area contributed by atoms with E-state index in [0.29, 0.717) is 11.3 Å². The summed E-state index contributed by atoms with van der Waals surface area (Å²) in [5.74, 6) is 0.0338. The molecule has 0 aliphatic heterocycles. The number of nitrogens with zero attached hydrogens (tertiary/aromatic N) is 1. The molecule has 1 amide bonds. The number of hydrogen-bond donors (Lipinski definition) is 1. The van der Waals surface area contributed by atoms with Gasteiger partial charge in [-0.05, 0) is 26.0 Å². The first-order valence-corrected chi connectivity index (χ1v) is 5.00. The predicted molar refractivity (Wildman–Crippen MR) is 58.5 cm³/mol. The van der Waals surface area contributed by atoms with E-state index in [2.05, 4.69) is 0 Å². The van der Waals surface area contributed by atoms with Gasteiger partial charge >= 0.3 is 0 Å². The second kappa shape index (κ2) is 5.36. The number of rotatable bonds is 5. The summed E-state index contributed by atoms with van der Waals surface area (Å²) in [5, 5.41) is 1.75. The van der Waals surface area contributed by atoms with Crippen LogP contribution in [0.1, 0.15) is 24.2 Å². The van der Waals surface area contributed by atoms with Crippen LogP contribution in [0.3, 0.4) is 0 Å². The summed E-state index contributed by atoms with van der Waals surface area (Å²) in [7, 11) is 0. The molecule has 0 fully saturated rings. The van der Waals surface area contributed by atoms with Crippen molar-refractivity contribution in [2.24, 2.45) is 5.73 Å². The second-order valence-electron chi connectivity index (χ2n) is 3.07. The summed E-state index contributed by atoms with van der Waals surface area (Å²) in [5.41, 5.74) is 5.64. The number of para-hydroxylation sites is 1. The van der Waals surface area contributed by atoms with E-state index in [0.717, 1.165) is 13.1 Å². The summed E-state index contributed by atoms with van der Waals surface area (Å²) in [6.07, 6.45) is 0. The van der Waals surface area contributed by atoms with Gasteiger partial charge in [-0.2, -0.15) is 0 Å². The molecule has 1 aromatic rings. The minimum absolute atomic E-state index is 0.407. The van der Waals surface area contributed by atoms with Crippen molar-refractivity contribution >= 4 is 5.91 Å². The molecule has 82 valence electrons. The zero-order valence-corrected chi connectivity index (χ0v) is 9.06. The average Bonchev–Trinajstić information content (AvgIpc) is 2.26. The number of hydrogen-bond acceptors (Lipinski definition) is 3. The molecule has 4 heteroatoms. The Bertz CT molecular complexity index is 335. The van der Waals surface area contributed by atoms with Gasteiger partial charge in [-0.25, -0.2) is 0 Å². The van der Waals surface area contributed by atoms with Gasteiger partial charge in [0.15, 0.2) is 5.75 Å². The van der Waals surface area contributed by atoms with Crippen molar-refractivity contribution in [2.45, 2.75) is 13.8 Å². The molecule has 0 unspecified atom stereocenters. The molecule has 0 atom stereocenters. The summed E-state index contributed by atoms with van der Waals surface area (Å²) in [6.45, 7) is 5.47. The second-order valence-corrected chi connectivity index (χ2v) is 3.07. The van der Waals surface area contributed by atoms with Gasteiger partial charge < -0.3 is 10.6 Å². The van der Waals surface area contributed by atoms with E-state index in [1.807, 2.05) is 19.9 Å². The van der Waals surface area contributed by atoms with Crippen molar-refractivity contribution in [3.63, 3.8) is 0 Å². The largest absolute Gasteiger partial charge is 0.405 e. The van der Waals surface area contributed by atoms with Crippen molar-refractivity contribution in [3.05, 3.63) is 29.8 Å². The van der Waals surface area contributed by atoms with Crippen molar-refractivity contribution in [3.8, 4) is 5.75 Å². The molecule has 0 aliphatic carbocycles. The molecule has 1 aromatic carbocycles. The van der Waals surface area contributed by atoms with Crippen molar-refractivity contribution in [1.82, 2.24) is 5.06 Å². The number of amides is 1. The zero-order chi connectivity index (χ0) is 11.3. The van der Waals surface area contributed by atoms with Crippen LogP contribution < -0.4 is 10.6 Å². The van der Waals surface area contributed by atoms with E-state index in [4.69, 9.17) is 10.6 Å². The molecule has 0 bridgehead atoms. The van der Waals surface area contributed by atoms with Crippen LogP contribution in [-0.2, 0) is 0 Å². The monoisotopic (exact) mass is 208 g/mol. The fourth-order valence-corrected chi connectivity index (χ4v) is 1.24. The van der Waals surface area contributed by atoms with Gasteiger partial charge in [0, 0.05) is 13.1 Å². The zero-order valence-electron chi connectivity index (χ0n) is 9.06. The first-order valence-electron chi connectivity index (χ1n) is 5.00. The lowest BCUT2D eigenvalue weighted by Gasteiger charge is -2.19. The SMILES string of the molecule is CCN(CC)Oc1ccccc1C(N)=O. The first kappa shape index (κ1) is 11.5. The molecule has 0 heterocycles. The van der Waals surface area contributed by atoms with Gasteiger partial charge in [0.2, 0.25) is 0 Å². The van der Waals surface area contributed by atoms with Crippen LogP contribution in [0.4, 0.5) is 0 Å². The van der Waals surface area contributed by atoms with E-state index in [-0.39, 0.29) is 0 Å². The van der Waals surface area contributed by atoms with Crippen LogP contribution >= 0.6 is 0 Å². The number of carbonyl (C=O) groups excluding carboxylic acids is 1. The Labute approximate surface area is 89.6 Å². The fraction of sp³-hybridized carbons (Fsp3) is 0.364. The summed E-state index contributed by atoms with van der Waals surface area (Å²) in [6, 6.07) is 6.96. The third-order valence-electron chi connectivity index (χ3n) is 2.09. The number of carbonyl (C=O) groups is 1. The van der Waals surface area contributed by atoms with E-state index in [9.17, 15) is 4.79 Å². The molecular weight excluding hydrogens is 192 g/mol. The van der Waals surface area contributed by atoms with Gasteiger partial charge in [0.05, 0.1) is 5.56 Å². The number of primary amides is 1. The fourth-order valence-electron chi connectivity index (χ4n) is 1.24. The Hall–Kier alpha value is -1.55. The first-order chi connectivity index (χ1) is 7.19. The minimum Gasteiger partial charge on any atom is -0.405 e.